The number of amides is 2. The fraction of sp³-hybridized carbons (Fsp3) is 0.391. The van der Waals surface area contributed by atoms with Gasteiger partial charge >= 0.3 is 0 Å². The van der Waals surface area contributed by atoms with Crippen molar-refractivity contribution < 1.29 is 9.59 Å². The van der Waals surface area contributed by atoms with Crippen molar-refractivity contribution in [3.63, 3.8) is 0 Å². The highest BCUT2D eigenvalue weighted by atomic mass is 35.5. The molecule has 0 unspecified atom stereocenters. The van der Waals surface area contributed by atoms with E-state index in [1.54, 1.807) is 29.7 Å². The molecule has 4 nitrogen and oxygen atoms in total. The van der Waals surface area contributed by atoms with Crippen LogP contribution >= 0.6 is 23.4 Å². The van der Waals surface area contributed by atoms with E-state index in [9.17, 15) is 9.59 Å². The molecule has 0 saturated heterocycles. The minimum Gasteiger partial charge on any atom is -0.354 e. The molecular weight excluding hydrogens is 404 g/mol. The molecule has 0 bridgehead atoms. The molecule has 2 aromatic carbocycles. The van der Waals surface area contributed by atoms with Crippen molar-refractivity contribution in [1.82, 2.24) is 10.2 Å². The second-order valence-corrected chi connectivity index (χ2v) is 8.63. The van der Waals surface area contributed by atoms with Gasteiger partial charge < -0.3 is 10.2 Å². The molecule has 0 heterocycles. The standard InChI is InChI=1S/C23H29ClN2O2S/c1-4-13-25-23(28)18(3)26(16-19-6-5-7-20(24)15-19)22(27)12-14-29-21-10-8-17(2)9-11-21/h5-11,15,18H,4,12-14,16H2,1-3H3,(H,25,28)/t18-/m1/s1. The van der Waals surface area contributed by atoms with Crippen molar-refractivity contribution >= 4 is 35.2 Å². The lowest BCUT2D eigenvalue weighted by atomic mass is 10.1. The Labute approximate surface area is 183 Å². The summed E-state index contributed by atoms with van der Waals surface area (Å²) in [4.78, 5) is 28.3. The van der Waals surface area contributed by atoms with Crippen molar-refractivity contribution in [3.05, 3.63) is 64.7 Å². The van der Waals surface area contributed by atoms with Gasteiger partial charge in [0.05, 0.1) is 0 Å². The Hall–Kier alpha value is -1.98. The molecule has 0 saturated carbocycles. The zero-order valence-corrected chi connectivity index (χ0v) is 18.9. The molecule has 2 rings (SSSR count). The van der Waals surface area contributed by atoms with E-state index in [0.717, 1.165) is 16.9 Å². The van der Waals surface area contributed by atoms with E-state index in [1.165, 1.54) is 5.56 Å². The summed E-state index contributed by atoms with van der Waals surface area (Å²) in [7, 11) is 0. The quantitative estimate of drug-likeness (QED) is 0.533. The highest BCUT2D eigenvalue weighted by Gasteiger charge is 2.25. The van der Waals surface area contributed by atoms with Crippen LogP contribution in [0.15, 0.2) is 53.4 Å². The Morgan fingerprint density at radius 1 is 1.17 bits per heavy atom. The van der Waals surface area contributed by atoms with Crippen LogP contribution in [0.5, 0.6) is 0 Å². The Morgan fingerprint density at radius 3 is 2.55 bits per heavy atom. The van der Waals surface area contributed by atoms with E-state index in [-0.39, 0.29) is 11.8 Å². The molecule has 2 amide bonds. The van der Waals surface area contributed by atoms with Gasteiger partial charge in [-0.2, -0.15) is 0 Å². The van der Waals surface area contributed by atoms with E-state index >= 15 is 0 Å². The van der Waals surface area contributed by atoms with Crippen molar-refractivity contribution in [2.45, 2.75) is 51.1 Å². The van der Waals surface area contributed by atoms with Crippen molar-refractivity contribution in [2.24, 2.45) is 0 Å². The summed E-state index contributed by atoms with van der Waals surface area (Å²) >= 11 is 7.74. The lowest BCUT2D eigenvalue weighted by Crippen LogP contribution is -2.47. The van der Waals surface area contributed by atoms with Gasteiger partial charge in [0, 0.05) is 35.2 Å². The molecule has 6 heteroatoms. The molecule has 0 radical (unpaired) electrons. The summed E-state index contributed by atoms with van der Waals surface area (Å²) in [6.07, 6.45) is 1.22. The van der Waals surface area contributed by atoms with Gasteiger partial charge in [0.25, 0.3) is 0 Å². The van der Waals surface area contributed by atoms with E-state index in [0.29, 0.717) is 30.3 Å². The van der Waals surface area contributed by atoms with Crippen LogP contribution in [-0.2, 0) is 16.1 Å². The highest BCUT2D eigenvalue weighted by Crippen LogP contribution is 2.21. The van der Waals surface area contributed by atoms with Crippen molar-refractivity contribution in [1.29, 1.82) is 0 Å². The number of benzene rings is 2. The number of hydrogen-bond acceptors (Lipinski definition) is 3. The number of hydrogen-bond donors (Lipinski definition) is 1. The zero-order chi connectivity index (χ0) is 21.2. The Balaban J connectivity index is 2.04. The van der Waals surface area contributed by atoms with Crippen LogP contribution in [-0.4, -0.2) is 35.1 Å². The first-order valence-electron chi connectivity index (χ1n) is 9.91. The number of aryl methyl sites for hydroxylation is 1. The summed E-state index contributed by atoms with van der Waals surface area (Å²) < 4.78 is 0. The monoisotopic (exact) mass is 432 g/mol. The molecule has 1 atom stereocenters. The third kappa shape index (κ3) is 7.75. The largest absolute Gasteiger partial charge is 0.354 e. The number of nitrogens with one attached hydrogen (secondary N) is 1. The average molecular weight is 433 g/mol. The second kappa shape index (κ2) is 11.9. The summed E-state index contributed by atoms with van der Waals surface area (Å²) in [5.41, 5.74) is 2.12. The first-order chi connectivity index (χ1) is 13.9. The maximum atomic E-state index is 13.0. The molecular formula is C23H29ClN2O2S. The van der Waals surface area contributed by atoms with Crippen LogP contribution in [0.3, 0.4) is 0 Å². The molecule has 156 valence electrons. The Morgan fingerprint density at radius 2 is 1.90 bits per heavy atom. The highest BCUT2D eigenvalue weighted by molar-refractivity contribution is 7.99. The van der Waals surface area contributed by atoms with Crippen LogP contribution in [0, 0.1) is 6.92 Å². The number of carbonyl (C=O) groups excluding carboxylic acids is 2. The van der Waals surface area contributed by atoms with Gasteiger partial charge in [-0.05, 0) is 50.1 Å². The zero-order valence-electron chi connectivity index (χ0n) is 17.3. The Bertz CT molecular complexity index is 811. The van der Waals surface area contributed by atoms with Crippen LogP contribution in [0.2, 0.25) is 5.02 Å². The third-order valence-corrected chi connectivity index (χ3v) is 5.81. The molecule has 29 heavy (non-hydrogen) atoms. The predicted molar refractivity (Wildman–Crippen MR) is 121 cm³/mol. The maximum absolute atomic E-state index is 13.0. The number of rotatable bonds is 10. The SMILES string of the molecule is CCCNC(=O)[C@@H](C)N(Cc1cccc(Cl)c1)C(=O)CCSc1ccc(C)cc1. The molecule has 1 N–H and O–H groups in total. The molecule has 0 spiro atoms. The maximum Gasteiger partial charge on any atom is 0.242 e. The van der Waals surface area contributed by atoms with Gasteiger partial charge in [-0.1, -0.05) is 48.4 Å². The molecule has 0 aliphatic rings. The molecule has 0 aliphatic heterocycles. The first kappa shape index (κ1) is 23.3. The molecule has 0 aromatic heterocycles. The van der Waals surface area contributed by atoms with E-state index < -0.39 is 6.04 Å². The normalized spacial score (nSPS) is 11.7. The molecule has 2 aromatic rings. The third-order valence-electron chi connectivity index (χ3n) is 4.56. The van der Waals surface area contributed by atoms with Crippen LogP contribution in [0.25, 0.3) is 0 Å². The van der Waals surface area contributed by atoms with Crippen molar-refractivity contribution in [2.75, 3.05) is 12.3 Å². The van der Waals surface area contributed by atoms with Crippen LogP contribution < -0.4 is 5.32 Å². The summed E-state index contributed by atoms with van der Waals surface area (Å²) in [5, 5.41) is 3.51. The van der Waals surface area contributed by atoms with Crippen molar-refractivity contribution in [3.8, 4) is 0 Å². The minimum atomic E-state index is -0.544. The van der Waals surface area contributed by atoms with Gasteiger partial charge in [0.2, 0.25) is 11.8 Å². The topological polar surface area (TPSA) is 49.4 Å². The number of nitrogens with zero attached hydrogens (tertiary/aromatic N) is 1. The smallest absolute Gasteiger partial charge is 0.242 e. The predicted octanol–water partition coefficient (Wildman–Crippen LogP) is 5.07. The second-order valence-electron chi connectivity index (χ2n) is 7.03. The van der Waals surface area contributed by atoms with Gasteiger partial charge in [-0.15, -0.1) is 11.8 Å². The number of carbonyl (C=O) groups is 2. The van der Waals surface area contributed by atoms with Gasteiger partial charge in [-0.25, -0.2) is 0 Å². The molecule has 0 aliphatic carbocycles. The van der Waals surface area contributed by atoms with Crippen LogP contribution in [0.1, 0.15) is 37.8 Å². The van der Waals surface area contributed by atoms with E-state index in [2.05, 4.69) is 36.5 Å². The lowest BCUT2D eigenvalue weighted by molar-refractivity contribution is -0.140. The minimum absolute atomic E-state index is 0.0382. The summed E-state index contributed by atoms with van der Waals surface area (Å²) in [6.45, 7) is 6.79. The van der Waals surface area contributed by atoms with Gasteiger partial charge in [0.1, 0.15) is 6.04 Å². The van der Waals surface area contributed by atoms with E-state index in [1.807, 2.05) is 25.1 Å². The fourth-order valence-corrected chi connectivity index (χ4v) is 3.90. The number of thioether (sulfide) groups is 1. The molecule has 0 fully saturated rings. The lowest BCUT2D eigenvalue weighted by Gasteiger charge is -2.29. The van der Waals surface area contributed by atoms with Gasteiger partial charge in [-0.3, -0.25) is 9.59 Å². The fourth-order valence-electron chi connectivity index (χ4n) is 2.84. The summed E-state index contributed by atoms with van der Waals surface area (Å²) in [6, 6.07) is 15.1. The average Bonchev–Trinajstić information content (AvgIpc) is 2.71. The van der Waals surface area contributed by atoms with E-state index in [4.69, 9.17) is 11.6 Å². The Kier molecular flexibility index (Phi) is 9.55. The van der Waals surface area contributed by atoms with Crippen LogP contribution in [0.4, 0.5) is 0 Å². The van der Waals surface area contributed by atoms with Gasteiger partial charge in [0.15, 0.2) is 0 Å². The summed E-state index contributed by atoms with van der Waals surface area (Å²) in [5.74, 6) is 0.495. The number of halogens is 1. The first-order valence-corrected chi connectivity index (χ1v) is 11.3.